The third-order valence-corrected chi connectivity index (χ3v) is 5.43. The lowest BCUT2D eigenvalue weighted by Gasteiger charge is -2.30. The predicted octanol–water partition coefficient (Wildman–Crippen LogP) is 4.91. The Balaban J connectivity index is 2.13. The van der Waals surface area contributed by atoms with Gasteiger partial charge in [0.2, 0.25) is 11.8 Å². The van der Waals surface area contributed by atoms with Gasteiger partial charge in [-0.05, 0) is 56.9 Å². The van der Waals surface area contributed by atoms with Crippen molar-refractivity contribution in [2.45, 2.75) is 65.6 Å². The first-order chi connectivity index (χ1) is 13.8. The molecule has 0 unspecified atom stereocenters. The van der Waals surface area contributed by atoms with E-state index in [2.05, 4.69) is 5.32 Å². The van der Waals surface area contributed by atoms with Crippen molar-refractivity contribution in [2.75, 3.05) is 0 Å². The monoisotopic (exact) mass is 414 g/mol. The zero-order chi connectivity index (χ0) is 21.4. The van der Waals surface area contributed by atoms with E-state index < -0.39 is 6.04 Å². The molecule has 0 aromatic heterocycles. The molecule has 2 aromatic rings. The number of carbonyl (C=O) groups excluding carboxylic acids is 2. The summed E-state index contributed by atoms with van der Waals surface area (Å²) in [4.78, 5) is 27.4. The summed E-state index contributed by atoms with van der Waals surface area (Å²) >= 11 is 5.98. The summed E-state index contributed by atoms with van der Waals surface area (Å²) in [7, 11) is 0. The molecule has 0 saturated heterocycles. The first-order valence-corrected chi connectivity index (χ1v) is 10.6. The first kappa shape index (κ1) is 23.0. The van der Waals surface area contributed by atoms with E-state index >= 15 is 0 Å². The lowest BCUT2D eigenvalue weighted by atomic mass is 10.1. The molecule has 2 aromatic carbocycles. The number of carbonyl (C=O) groups is 2. The van der Waals surface area contributed by atoms with Crippen LogP contribution >= 0.6 is 11.6 Å². The van der Waals surface area contributed by atoms with E-state index in [-0.39, 0.29) is 17.9 Å². The van der Waals surface area contributed by atoms with Crippen LogP contribution in [0.5, 0.6) is 0 Å². The maximum Gasteiger partial charge on any atom is 0.242 e. The molecule has 2 rings (SSSR count). The molecule has 4 nitrogen and oxygen atoms in total. The van der Waals surface area contributed by atoms with Crippen LogP contribution in [0.15, 0.2) is 48.5 Å². The largest absolute Gasteiger partial charge is 0.352 e. The van der Waals surface area contributed by atoms with Crippen LogP contribution in [0.2, 0.25) is 5.02 Å². The SMILES string of the molecule is CC[C@H](C)NC(=O)[C@H](C)N(Cc1ccc(Cl)cc1)C(=O)CCc1ccc(C)cc1. The Morgan fingerprint density at radius 3 is 2.17 bits per heavy atom. The van der Waals surface area contributed by atoms with Crippen LogP contribution < -0.4 is 5.32 Å². The van der Waals surface area contributed by atoms with E-state index in [1.807, 2.05) is 57.2 Å². The molecule has 0 heterocycles. The number of amides is 2. The van der Waals surface area contributed by atoms with Gasteiger partial charge in [-0.2, -0.15) is 0 Å². The molecular formula is C24H31ClN2O2. The number of halogens is 1. The zero-order valence-corrected chi connectivity index (χ0v) is 18.5. The van der Waals surface area contributed by atoms with Gasteiger partial charge in [-0.1, -0.05) is 60.5 Å². The second kappa shape index (κ2) is 11.0. The van der Waals surface area contributed by atoms with Crippen molar-refractivity contribution < 1.29 is 9.59 Å². The summed E-state index contributed by atoms with van der Waals surface area (Å²) in [5.41, 5.74) is 3.26. The molecule has 156 valence electrons. The van der Waals surface area contributed by atoms with Crippen LogP contribution in [0.4, 0.5) is 0 Å². The highest BCUT2D eigenvalue weighted by molar-refractivity contribution is 6.30. The fourth-order valence-corrected chi connectivity index (χ4v) is 3.11. The lowest BCUT2D eigenvalue weighted by Crippen LogP contribution is -2.49. The van der Waals surface area contributed by atoms with Gasteiger partial charge in [0.15, 0.2) is 0 Å². The standard InChI is InChI=1S/C24H31ClN2O2/c1-5-18(3)26-24(29)19(4)27(16-21-10-13-22(25)14-11-21)23(28)15-12-20-8-6-17(2)7-9-20/h6-11,13-14,18-19H,5,12,15-16H2,1-4H3,(H,26,29)/t18-,19-/m0/s1. The summed E-state index contributed by atoms with van der Waals surface area (Å²) in [6.07, 6.45) is 1.85. The highest BCUT2D eigenvalue weighted by atomic mass is 35.5. The molecular weight excluding hydrogens is 384 g/mol. The van der Waals surface area contributed by atoms with E-state index in [0.29, 0.717) is 24.4 Å². The van der Waals surface area contributed by atoms with Crippen molar-refractivity contribution in [2.24, 2.45) is 0 Å². The van der Waals surface area contributed by atoms with Gasteiger partial charge in [-0.15, -0.1) is 0 Å². The third kappa shape index (κ3) is 7.21. The minimum Gasteiger partial charge on any atom is -0.352 e. The summed E-state index contributed by atoms with van der Waals surface area (Å²) in [6, 6.07) is 15.1. The summed E-state index contributed by atoms with van der Waals surface area (Å²) in [5, 5.41) is 3.63. The Kier molecular flexibility index (Phi) is 8.71. The van der Waals surface area contributed by atoms with E-state index in [4.69, 9.17) is 11.6 Å². The van der Waals surface area contributed by atoms with Gasteiger partial charge >= 0.3 is 0 Å². The highest BCUT2D eigenvalue weighted by Crippen LogP contribution is 2.16. The molecule has 1 N–H and O–H groups in total. The molecule has 0 spiro atoms. The van der Waals surface area contributed by atoms with Crippen LogP contribution in [0.25, 0.3) is 0 Å². The number of nitrogens with one attached hydrogen (secondary N) is 1. The first-order valence-electron chi connectivity index (χ1n) is 10.2. The van der Waals surface area contributed by atoms with E-state index in [9.17, 15) is 9.59 Å². The van der Waals surface area contributed by atoms with Gasteiger partial charge in [-0.25, -0.2) is 0 Å². The molecule has 0 saturated carbocycles. The van der Waals surface area contributed by atoms with Crippen molar-refractivity contribution in [3.8, 4) is 0 Å². The molecule has 2 atom stereocenters. The van der Waals surface area contributed by atoms with Gasteiger partial charge in [0.1, 0.15) is 6.04 Å². The number of hydrogen-bond donors (Lipinski definition) is 1. The Bertz CT molecular complexity index is 803. The predicted molar refractivity (Wildman–Crippen MR) is 119 cm³/mol. The molecule has 0 aliphatic rings. The van der Waals surface area contributed by atoms with Gasteiger partial charge in [0.05, 0.1) is 0 Å². The lowest BCUT2D eigenvalue weighted by molar-refractivity contribution is -0.140. The highest BCUT2D eigenvalue weighted by Gasteiger charge is 2.26. The van der Waals surface area contributed by atoms with E-state index in [0.717, 1.165) is 17.5 Å². The molecule has 0 aliphatic carbocycles. The minimum absolute atomic E-state index is 0.0349. The molecule has 0 radical (unpaired) electrons. The number of nitrogens with zero attached hydrogens (tertiary/aromatic N) is 1. The van der Waals surface area contributed by atoms with Crippen LogP contribution in [0.3, 0.4) is 0 Å². The summed E-state index contributed by atoms with van der Waals surface area (Å²) in [5.74, 6) is -0.163. The normalized spacial score (nSPS) is 12.9. The number of rotatable bonds is 9. The van der Waals surface area contributed by atoms with Crippen molar-refractivity contribution in [1.29, 1.82) is 0 Å². The average Bonchev–Trinajstić information content (AvgIpc) is 2.72. The maximum absolute atomic E-state index is 13.1. The average molecular weight is 415 g/mol. The topological polar surface area (TPSA) is 49.4 Å². The second-order valence-electron chi connectivity index (χ2n) is 7.63. The van der Waals surface area contributed by atoms with Crippen LogP contribution in [0.1, 0.15) is 50.3 Å². The van der Waals surface area contributed by atoms with Crippen molar-refractivity contribution >= 4 is 23.4 Å². The number of aryl methyl sites for hydroxylation is 2. The Morgan fingerprint density at radius 1 is 1.00 bits per heavy atom. The summed E-state index contributed by atoms with van der Waals surface area (Å²) in [6.45, 7) is 8.19. The number of benzene rings is 2. The van der Waals surface area contributed by atoms with Crippen molar-refractivity contribution in [3.05, 3.63) is 70.2 Å². The molecule has 0 fully saturated rings. The van der Waals surface area contributed by atoms with Gasteiger partial charge in [0, 0.05) is 24.0 Å². The van der Waals surface area contributed by atoms with E-state index in [1.165, 1.54) is 5.56 Å². The minimum atomic E-state index is -0.551. The maximum atomic E-state index is 13.1. The molecule has 29 heavy (non-hydrogen) atoms. The Labute approximate surface area is 179 Å². The fraction of sp³-hybridized carbons (Fsp3) is 0.417. The van der Waals surface area contributed by atoms with Crippen LogP contribution in [0, 0.1) is 6.92 Å². The third-order valence-electron chi connectivity index (χ3n) is 5.18. The summed E-state index contributed by atoms with van der Waals surface area (Å²) < 4.78 is 0. The molecule has 0 bridgehead atoms. The zero-order valence-electron chi connectivity index (χ0n) is 17.7. The Hall–Kier alpha value is -2.33. The van der Waals surface area contributed by atoms with E-state index in [1.54, 1.807) is 24.0 Å². The molecule has 2 amide bonds. The second-order valence-corrected chi connectivity index (χ2v) is 8.06. The smallest absolute Gasteiger partial charge is 0.242 e. The quantitative estimate of drug-likeness (QED) is 0.633. The Morgan fingerprint density at radius 2 is 1.59 bits per heavy atom. The molecule has 5 heteroatoms. The van der Waals surface area contributed by atoms with Gasteiger partial charge in [0.25, 0.3) is 0 Å². The van der Waals surface area contributed by atoms with Crippen LogP contribution in [-0.2, 0) is 22.6 Å². The van der Waals surface area contributed by atoms with Crippen LogP contribution in [-0.4, -0.2) is 28.8 Å². The molecule has 0 aliphatic heterocycles. The number of hydrogen-bond acceptors (Lipinski definition) is 2. The van der Waals surface area contributed by atoms with Crippen molar-refractivity contribution in [1.82, 2.24) is 10.2 Å². The van der Waals surface area contributed by atoms with Gasteiger partial charge in [-0.3, -0.25) is 9.59 Å². The van der Waals surface area contributed by atoms with Crippen molar-refractivity contribution in [3.63, 3.8) is 0 Å². The fourth-order valence-electron chi connectivity index (χ4n) is 2.98. The van der Waals surface area contributed by atoms with Gasteiger partial charge < -0.3 is 10.2 Å².